The average Bonchev–Trinajstić information content (AvgIpc) is 2.96. The van der Waals surface area contributed by atoms with Crippen LogP contribution >= 0.6 is 11.6 Å². The molecular weight excluding hydrogens is 370 g/mol. The van der Waals surface area contributed by atoms with Gasteiger partial charge < -0.3 is 9.16 Å². The Balaban J connectivity index is 2.02. The molecule has 1 aliphatic rings. The summed E-state index contributed by atoms with van der Waals surface area (Å²) in [6, 6.07) is 8.72. The van der Waals surface area contributed by atoms with Gasteiger partial charge in [0, 0.05) is 13.0 Å². The molecule has 2 rings (SSSR count). The predicted molar refractivity (Wildman–Crippen MR) is 105 cm³/mol. The van der Waals surface area contributed by atoms with E-state index < -0.39 is 25.7 Å². The quantitative estimate of drug-likeness (QED) is 0.540. The number of rotatable bonds is 5. The Labute approximate surface area is 161 Å². The van der Waals surface area contributed by atoms with Gasteiger partial charge in [-0.2, -0.15) is 0 Å². The first-order valence-corrected chi connectivity index (χ1v) is 12.1. The molecule has 0 spiro atoms. The largest absolute Gasteiger partial charge is 0.445 e. The molecule has 0 bridgehead atoms. The minimum atomic E-state index is -2.00. The molecule has 7 heteroatoms. The Morgan fingerprint density at radius 3 is 2.38 bits per heavy atom. The van der Waals surface area contributed by atoms with Gasteiger partial charge in [-0.15, -0.1) is 0 Å². The summed E-state index contributed by atoms with van der Waals surface area (Å²) in [6.45, 7) is 11.3. The number of hydrogen-bond donors (Lipinski definition) is 0. The zero-order valence-electron chi connectivity index (χ0n) is 16.1. The van der Waals surface area contributed by atoms with E-state index in [1.165, 1.54) is 4.90 Å². The van der Waals surface area contributed by atoms with Gasteiger partial charge in [-0.1, -0.05) is 51.1 Å². The van der Waals surface area contributed by atoms with Crippen LogP contribution < -0.4 is 0 Å². The molecule has 26 heavy (non-hydrogen) atoms. The zero-order chi connectivity index (χ0) is 19.5. The molecule has 1 aromatic carbocycles. The number of halogens is 1. The second-order valence-electron chi connectivity index (χ2n) is 8.25. The first-order valence-electron chi connectivity index (χ1n) is 8.86. The van der Waals surface area contributed by atoms with Gasteiger partial charge in [0.2, 0.25) is 5.24 Å². The third-order valence-corrected chi connectivity index (χ3v) is 10.0. The van der Waals surface area contributed by atoms with Crippen molar-refractivity contribution >= 4 is 31.3 Å². The van der Waals surface area contributed by atoms with Gasteiger partial charge in [-0.25, -0.2) is 4.79 Å². The molecule has 1 fully saturated rings. The molecule has 0 aromatic heterocycles. The van der Waals surface area contributed by atoms with E-state index in [0.29, 0.717) is 13.0 Å². The van der Waals surface area contributed by atoms with Gasteiger partial charge in [0.1, 0.15) is 12.6 Å². The molecule has 1 aliphatic heterocycles. The molecule has 0 unspecified atom stereocenters. The molecule has 1 amide bonds. The summed E-state index contributed by atoms with van der Waals surface area (Å²) < 4.78 is 11.7. The molecule has 2 atom stereocenters. The lowest BCUT2D eigenvalue weighted by Gasteiger charge is -2.38. The first kappa shape index (κ1) is 20.9. The van der Waals surface area contributed by atoms with Crippen LogP contribution in [0.3, 0.4) is 0 Å². The Kier molecular flexibility index (Phi) is 6.53. The fraction of sp³-hybridized carbons (Fsp3) is 0.579. The number of likely N-dealkylation sites (tertiary alicyclic amines) is 1. The van der Waals surface area contributed by atoms with E-state index in [0.717, 1.165) is 5.56 Å². The third kappa shape index (κ3) is 5.08. The van der Waals surface area contributed by atoms with Gasteiger partial charge in [0.25, 0.3) is 0 Å². The lowest BCUT2D eigenvalue weighted by Crippen LogP contribution is -2.45. The van der Waals surface area contributed by atoms with E-state index in [9.17, 15) is 9.59 Å². The predicted octanol–water partition coefficient (Wildman–Crippen LogP) is 4.55. The third-order valence-electron chi connectivity index (χ3n) is 5.23. The number of benzene rings is 1. The van der Waals surface area contributed by atoms with Crippen molar-refractivity contribution in [2.75, 3.05) is 6.54 Å². The highest BCUT2D eigenvalue weighted by molar-refractivity contribution is 6.74. The van der Waals surface area contributed by atoms with Crippen molar-refractivity contribution in [3.63, 3.8) is 0 Å². The van der Waals surface area contributed by atoms with Crippen molar-refractivity contribution in [3.05, 3.63) is 35.9 Å². The Morgan fingerprint density at radius 2 is 1.85 bits per heavy atom. The minimum absolute atomic E-state index is 0.0503. The summed E-state index contributed by atoms with van der Waals surface area (Å²) in [6.07, 6.45) is -0.322. The average molecular weight is 398 g/mol. The van der Waals surface area contributed by atoms with Crippen LogP contribution in [0.1, 0.15) is 32.8 Å². The summed E-state index contributed by atoms with van der Waals surface area (Å²) >= 11 is 5.73. The van der Waals surface area contributed by atoms with Crippen molar-refractivity contribution in [2.45, 2.75) is 64.1 Å². The molecule has 144 valence electrons. The Bertz CT molecular complexity index is 645. The van der Waals surface area contributed by atoms with Crippen molar-refractivity contribution in [2.24, 2.45) is 0 Å². The molecule has 5 nitrogen and oxygen atoms in total. The van der Waals surface area contributed by atoms with E-state index in [1.54, 1.807) is 0 Å². The standard InChI is InChI=1S/C19H28ClNO4Si/c1-19(2,3)26(4,5)25-15-11-16(17(20)22)21(12-15)18(23)24-13-14-9-7-6-8-10-14/h6-10,15-16H,11-13H2,1-5H3/t15-,16+/m0/s1. The Morgan fingerprint density at radius 1 is 1.23 bits per heavy atom. The molecule has 1 heterocycles. The topological polar surface area (TPSA) is 55.8 Å². The normalized spacial score (nSPS) is 20.9. The van der Waals surface area contributed by atoms with Gasteiger partial charge in [0.15, 0.2) is 8.32 Å². The van der Waals surface area contributed by atoms with Crippen molar-refractivity contribution < 1.29 is 18.8 Å². The summed E-state index contributed by atoms with van der Waals surface area (Å²) in [4.78, 5) is 25.7. The monoisotopic (exact) mass is 397 g/mol. The van der Waals surface area contributed by atoms with Crippen molar-refractivity contribution in [3.8, 4) is 0 Å². The molecular formula is C19H28ClNO4Si. The highest BCUT2D eigenvalue weighted by Gasteiger charge is 2.45. The molecule has 1 saturated heterocycles. The number of amides is 1. The maximum absolute atomic E-state index is 12.5. The maximum Gasteiger partial charge on any atom is 0.410 e. The highest BCUT2D eigenvalue weighted by atomic mass is 35.5. The number of carbonyl (C=O) groups is 2. The second kappa shape index (κ2) is 8.11. The minimum Gasteiger partial charge on any atom is -0.445 e. The second-order valence-corrected chi connectivity index (χ2v) is 13.4. The number of ether oxygens (including phenoxy) is 1. The van der Waals surface area contributed by atoms with E-state index >= 15 is 0 Å². The smallest absolute Gasteiger partial charge is 0.410 e. The SMILES string of the molecule is CC(C)(C)[Si](C)(C)O[C@H]1C[C@H](C(=O)Cl)N(C(=O)OCc2ccccc2)C1. The van der Waals surface area contributed by atoms with Gasteiger partial charge in [-0.3, -0.25) is 9.69 Å². The number of nitrogens with zero attached hydrogens (tertiary/aromatic N) is 1. The van der Waals surface area contributed by atoms with Crippen molar-refractivity contribution in [1.29, 1.82) is 0 Å². The van der Waals surface area contributed by atoms with Crippen LogP contribution in [-0.2, 0) is 20.6 Å². The molecule has 1 aromatic rings. The van der Waals surface area contributed by atoms with Crippen LogP contribution in [0.15, 0.2) is 30.3 Å². The van der Waals surface area contributed by atoms with E-state index in [-0.39, 0.29) is 17.7 Å². The number of hydrogen-bond acceptors (Lipinski definition) is 4. The maximum atomic E-state index is 12.5. The summed E-state index contributed by atoms with van der Waals surface area (Å²) in [7, 11) is -2.00. The lowest BCUT2D eigenvalue weighted by atomic mass is 10.2. The van der Waals surface area contributed by atoms with Crippen LogP contribution in [-0.4, -0.2) is 43.2 Å². The van der Waals surface area contributed by atoms with Crippen LogP contribution in [0, 0.1) is 0 Å². The summed E-state index contributed by atoms with van der Waals surface area (Å²) in [5, 5.41) is -0.502. The van der Waals surface area contributed by atoms with Crippen molar-refractivity contribution in [1.82, 2.24) is 4.90 Å². The van der Waals surface area contributed by atoms with Gasteiger partial charge in [-0.05, 0) is 35.3 Å². The fourth-order valence-corrected chi connectivity index (χ4v) is 4.26. The fourth-order valence-electron chi connectivity index (χ4n) is 2.70. The van der Waals surface area contributed by atoms with E-state index in [4.69, 9.17) is 20.8 Å². The van der Waals surface area contributed by atoms with Crippen LogP contribution in [0.4, 0.5) is 4.79 Å². The van der Waals surface area contributed by atoms with E-state index in [2.05, 4.69) is 33.9 Å². The number of carbonyl (C=O) groups excluding carboxylic acids is 2. The Hall–Kier alpha value is -1.37. The van der Waals surface area contributed by atoms with Crippen LogP contribution in [0.2, 0.25) is 18.1 Å². The van der Waals surface area contributed by atoms with Crippen LogP contribution in [0.5, 0.6) is 0 Å². The van der Waals surface area contributed by atoms with Crippen LogP contribution in [0.25, 0.3) is 0 Å². The van der Waals surface area contributed by atoms with E-state index in [1.807, 2.05) is 30.3 Å². The molecule has 0 saturated carbocycles. The van der Waals surface area contributed by atoms with Gasteiger partial charge in [0.05, 0.1) is 6.10 Å². The lowest BCUT2D eigenvalue weighted by molar-refractivity contribution is -0.115. The first-order chi connectivity index (χ1) is 12.0. The molecule has 0 radical (unpaired) electrons. The molecule has 0 aliphatic carbocycles. The summed E-state index contributed by atoms with van der Waals surface area (Å²) in [5.74, 6) is 0. The summed E-state index contributed by atoms with van der Waals surface area (Å²) in [5.41, 5.74) is 0.892. The highest BCUT2D eigenvalue weighted by Crippen LogP contribution is 2.39. The zero-order valence-corrected chi connectivity index (χ0v) is 17.9. The van der Waals surface area contributed by atoms with Gasteiger partial charge >= 0.3 is 6.09 Å². The molecule has 0 N–H and O–H groups in total.